The highest BCUT2D eigenvalue weighted by molar-refractivity contribution is 7.89. The summed E-state index contributed by atoms with van der Waals surface area (Å²) in [5.41, 5.74) is 0.265. The fourth-order valence-corrected chi connectivity index (χ4v) is 4.70. The van der Waals surface area contributed by atoms with E-state index in [0.29, 0.717) is 0 Å². The number of rotatable bonds is 7. The lowest BCUT2D eigenvalue weighted by Gasteiger charge is -2.34. The first-order chi connectivity index (χ1) is 15.5. The Balaban J connectivity index is 1.43. The van der Waals surface area contributed by atoms with Crippen molar-refractivity contribution in [1.82, 2.24) is 9.21 Å². The number of halogens is 3. The van der Waals surface area contributed by atoms with Crippen molar-refractivity contribution in [3.63, 3.8) is 0 Å². The van der Waals surface area contributed by atoms with Crippen LogP contribution in [0.15, 0.2) is 59.5 Å². The minimum Gasteiger partial charge on any atom is -0.406 e. The summed E-state index contributed by atoms with van der Waals surface area (Å²) in [6.07, 6.45) is -5.00. The van der Waals surface area contributed by atoms with E-state index in [2.05, 4.69) is 10.1 Å². The number of benzene rings is 2. The molecule has 0 aromatic heterocycles. The summed E-state index contributed by atoms with van der Waals surface area (Å²) in [6, 6.07) is 12.7. The van der Waals surface area contributed by atoms with Gasteiger partial charge in [-0.2, -0.15) is 4.31 Å². The lowest BCUT2D eigenvalue weighted by molar-refractivity contribution is -0.274. The molecule has 1 aliphatic rings. The molecule has 1 aliphatic heterocycles. The van der Waals surface area contributed by atoms with Gasteiger partial charge >= 0.3 is 6.36 Å². The minimum atomic E-state index is -4.80. The standard InChI is InChI=1S/C21H22F3N3O5S/c22-21(23,24)32-17-8-6-16(7-9-17)25-19(28)10-11-20(29)26-12-14-27(15-13-26)33(30,31)18-4-2-1-3-5-18/h1-9H,10-15H2,(H,25,28). The maximum atomic E-state index is 12.6. The average molecular weight is 485 g/mol. The maximum Gasteiger partial charge on any atom is 0.573 e. The number of sulfonamides is 1. The molecule has 0 unspecified atom stereocenters. The lowest BCUT2D eigenvalue weighted by atomic mass is 10.2. The van der Waals surface area contributed by atoms with Crippen LogP contribution in [0.3, 0.4) is 0 Å². The number of hydrogen-bond donors (Lipinski definition) is 1. The number of alkyl halides is 3. The number of amides is 2. The van der Waals surface area contributed by atoms with Crippen molar-refractivity contribution in [2.45, 2.75) is 24.1 Å². The van der Waals surface area contributed by atoms with E-state index < -0.39 is 28.0 Å². The van der Waals surface area contributed by atoms with Gasteiger partial charge in [0.1, 0.15) is 5.75 Å². The summed E-state index contributed by atoms with van der Waals surface area (Å²) in [5, 5.41) is 2.50. The molecule has 2 amide bonds. The second-order valence-electron chi connectivity index (χ2n) is 7.22. The van der Waals surface area contributed by atoms with Crippen LogP contribution in [0, 0.1) is 0 Å². The fraction of sp³-hybridized carbons (Fsp3) is 0.333. The van der Waals surface area contributed by atoms with Crippen LogP contribution in [0.2, 0.25) is 0 Å². The van der Waals surface area contributed by atoms with Crippen molar-refractivity contribution in [2.75, 3.05) is 31.5 Å². The number of hydrogen-bond acceptors (Lipinski definition) is 5. The predicted molar refractivity (Wildman–Crippen MR) is 113 cm³/mol. The first-order valence-electron chi connectivity index (χ1n) is 10.0. The van der Waals surface area contributed by atoms with Gasteiger partial charge in [0.2, 0.25) is 21.8 Å². The van der Waals surface area contributed by atoms with Gasteiger partial charge in [-0.1, -0.05) is 18.2 Å². The van der Waals surface area contributed by atoms with Gasteiger partial charge < -0.3 is 15.0 Å². The molecule has 0 saturated carbocycles. The normalized spacial score (nSPS) is 15.2. The molecule has 1 fully saturated rings. The molecular weight excluding hydrogens is 463 g/mol. The number of carbonyl (C=O) groups excluding carboxylic acids is 2. The summed E-state index contributed by atoms with van der Waals surface area (Å²) in [6.45, 7) is 0.739. The van der Waals surface area contributed by atoms with Crippen molar-refractivity contribution in [1.29, 1.82) is 0 Å². The first kappa shape index (κ1) is 24.5. The van der Waals surface area contributed by atoms with Gasteiger partial charge in [-0.05, 0) is 36.4 Å². The van der Waals surface area contributed by atoms with Crippen LogP contribution in [0.25, 0.3) is 0 Å². The molecule has 8 nitrogen and oxygen atoms in total. The Morgan fingerprint density at radius 1 is 0.909 bits per heavy atom. The van der Waals surface area contributed by atoms with E-state index in [0.717, 1.165) is 12.1 Å². The van der Waals surface area contributed by atoms with Gasteiger partial charge in [0.05, 0.1) is 4.90 Å². The molecule has 3 rings (SSSR count). The molecule has 1 N–H and O–H groups in total. The monoisotopic (exact) mass is 485 g/mol. The van der Waals surface area contributed by atoms with Crippen molar-refractivity contribution < 1.29 is 35.9 Å². The van der Waals surface area contributed by atoms with Gasteiger partial charge in [0.25, 0.3) is 0 Å². The highest BCUT2D eigenvalue weighted by Crippen LogP contribution is 2.24. The van der Waals surface area contributed by atoms with Gasteiger partial charge in [-0.3, -0.25) is 9.59 Å². The Labute approximate surface area is 189 Å². The molecule has 2 aromatic rings. The van der Waals surface area contributed by atoms with E-state index in [1.165, 1.54) is 33.5 Å². The third-order valence-corrected chi connectivity index (χ3v) is 6.82. The molecule has 0 bridgehead atoms. The van der Waals surface area contributed by atoms with E-state index in [1.807, 2.05) is 0 Å². The fourth-order valence-electron chi connectivity index (χ4n) is 3.26. The second-order valence-corrected chi connectivity index (χ2v) is 9.16. The zero-order valence-corrected chi connectivity index (χ0v) is 18.2. The summed E-state index contributed by atoms with van der Waals surface area (Å²) < 4.78 is 66.9. The van der Waals surface area contributed by atoms with E-state index in [-0.39, 0.29) is 55.5 Å². The molecule has 0 atom stereocenters. The minimum absolute atomic E-state index is 0.0768. The number of nitrogens with zero attached hydrogens (tertiary/aromatic N) is 2. The van der Waals surface area contributed by atoms with Gasteiger partial charge in [-0.25, -0.2) is 8.42 Å². The van der Waals surface area contributed by atoms with E-state index >= 15 is 0 Å². The third-order valence-electron chi connectivity index (χ3n) is 4.91. The molecule has 0 aliphatic carbocycles. The van der Waals surface area contributed by atoms with Crippen molar-refractivity contribution in [3.8, 4) is 5.75 Å². The molecule has 2 aromatic carbocycles. The van der Waals surface area contributed by atoms with Crippen LogP contribution >= 0.6 is 0 Å². The summed E-state index contributed by atoms with van der Waals surface area (Å²) in [4.78, 5) is 26.2. The molecule has 1 heterocycles. The SMILES string of the molecule is O=C(CCC(=O)N1CCN(S(=O)(=O)c2ccccc2)CC1)Nc1ccc(OC(F)(F)F)cc1. The van der Waals surface area contributed by atoms with Crippen LogP contribution < -0.4 is 10.1 Å². The lowest BCUT2D eigenvalue weighted by Crippen LogP contribution is -2.50. The van der Waals surface area contributed by atoms with Gasteiger partial charge in [0.15, 0.2) is 0 Å². The van der Waals surface area contributed by atoms with Crippen LogP contribution in [0.4, 0.5) is 18.9 Å². The second kappa shape index (κ2) is 10.2. The zero-order valence-electron chi connectivity index (χ0n) is 17.4. The van der Waals surface area contributed by atoms with E-state index in [4.69, 9.17) is 0 Å². The maximum absolute atomic E-state index is 12.6. The molecule has 1 saturated heterocycles. The highest BCUT2D eigenvalue weighted by atomic mass is 32.2. The largest absolute Gasteiger partial charge is 0.573 e. The number of carbonyl (C=O) groups is 2. The van der Waals surface area contributed by atoms with Crippen LogP contribution in [-0.2, 0) is 19.6 Å². The van der Waals surface area contributed by atoms with Crippen LogP contribution in [-0.4, -0.2) is 62.0 Å². The quantitative estimate of drug-likeness (QED) is 0.651. The summed E-state index contributed by atoms with van der Waals surface area (Å²) in [7, 11) is -3.62. The number of ether oxygens (including phenoxy) is 1. The molecule has 178 valence electrons. The molecule has 0 radical (unpaired) electrons. The van der Waals surface area contributed by atoms with Crippen molar-refractivity contribution in [2.24, 2.45) is 0 Å². The number of anilines is 1. The Kier molecular flexibility index (Phi) is 7.59. The Bertz CT molecular complexity index is 1070. The van der Waals surface area contributed by atoms with E-state index in [1.54, 1.807) is 18.2 Å². The summed E-state index contributed by atoms with van der Waals surface area (Å²) in [5.74, 6) is -1.17. The van der Waals surface area contributed by atoms with Gasteiger partial charge in [-0.15, -0.1) is 13.2 Å². The Morgan fingerprint density at radius 2 is 1.52 bits per heavy atom. The molecule has 12 heteroatoms. The highest BCUT2D eigenvalue weighted by Gasteiger charge is 2.31. The number of nitrogens with one attached hydrogen (secondary N) is 1. The zero-order chi connectivity index (χ0) is 24.1. The van der Waals surface area contributed by atoms with Crippen LogP contribution in [0.5, 0.6) is 5.75 Å². The van der Waals surface area contributed by atoms with Crippen molar-refractivity contribution in [3.05, 3.63) is 54.6 Å². The van der Waals surface area contributed by atoms with E-state index in [9.17, 15) is 31.2 Å². The first-order valence-corrected chi connectivity index (χ1v) is 11.5. The van der Waals surface area contributed by atoms with Gasteiger partial charge in [0, 0.05) is 44.7 Å². The molecule has 0 spiro atoms. The number of piperazine rings is 1. The Hall–Kier alpha value is -3.12. The average Bonchev–Trinajstić information content (AvgIpc) is 2.78. The van der Waals surface area contributed by atoms with Crippen molar-refractivity contribution >= 4 is 27.5 Å². The topological polar surface area (TPSA) is 96.0 Å². The molecule has 33 heavy (non-hydrogen) atoms. The Morgan fingerprint density at radius 3 is 2.09 bits per heavy atom. The summed E-state index contributed by atoms with van der Waals surface area (Å²) >= 11 is 0. The third kappa shape index (κ3) is 6.93. The smallest absolute Gasteiger partial charge is 0.406 e. The predicted octanol–water partition coefficient (Wildman–Crippen LogP) is 2.84. The molecular formula is C21H22F3N3O5S. The van der Waals surface area contributed by atoms with Crippen LogP contribution in [0.1, 0.15) is 12.8 Å².